The molecule has 2 aliphatic carbocycles. The second kappa shape index (κ2) is 7.95. The Bertz CT molecular complexity index is 872. The highest BCUT2D eigenvalue weighted by atomic mass is 16.6. The summed E-state index contributed by atoms with van der Waals surface area (Å²) >= 11 is 0. The first-order valence-electron chi connectivity index (χ1n) is 12.3. The minimum atomic E-state index is 0.0385. The van der Waals surface area contributed by atoms with Crippen molar-refractivity contribution >= 4 is 11.7 Å². The average Bonchev–Trinajstić information content (AvgIpc) is 3.03. The smallest absolute Gasteiger partial charge is 0.310 e. The Balaban J connectivity index is 1.23. The second-order valence-electron chi connectivity index (χ2n) is 10.9. The monoisotopic (exact) mass is 422 g/mol. The van der Waals surface area contributed by atoms with Crippen molar-refractivity contribution < 1.29 is 9.53 Å². The van der Waals surface area contributed by atoms with Crippen molar-refractivity contribution in [3.63, 3.8) is 0 Å². The Kier molecular flexibility index (Phi) is 5.40. The van der Waals surface area contributed by atoms with Gasteiger partial charge in [0.2, 0.25) is 0 Å². The molecule has 5 rings (SSSR count). The Labute approximate surface area is 187 Å². The molecule has 0 spiro atoms. The summed E-state index contributed by atoms with van der Waals surface area (Å²) in [5, 5.41) is 0. The molecule has 0 N–H and O–H groups in total. The van der Waals surface area contributed by atoms with Gasteiger partial charge in [-0.2, -0.15) is 0 Å². The molecule has 2 aliphatic heterocycles. The molecular formula is C27H38N2O2. The van der Waals surface area contributed by atoms with E-state index >= 15 is 0 Å². The zero-order chi connectivity index (χ0) is 21.8. The third-order valence-electron chi connectivity index (χ3n) is 9.06. The predicted octanol–water partition coefficient (Wildman–Crippen LogP) is 4.74. The maximum absolute atomic E-state index is 12.9. The summed E-state index contributed by atoms with van der Waals surface area (Å²) in [6, 6.07) is 6.59. The van der Waals surface area contributed by atoms with Crippen LogP contribution >= 0.6 is 0 Å². The van der Waals surface area contributed by atoms with Gasteiger partial charge in [0.05, 0.1) is 5.92 Å². The van der Waals surface area contributed by atoms with E-state index in [0.29, 0.717) is 11.8 Å². The van der Waals surface area contributed by atoms with Crippen LogP contribution in [0.4, 0.5) is 5.69 Å². The molecule has 2 heterocycles. The maximum atomic E-state index is 12.9. The van der Waals surface area contributed by atoms with Crippen molar-refractivity contribution in [3.8, 4) is 0 Å². The van der Waals surface area contributed by atoms with Gasteiger partial charge in [-0.25, -0.2) is 0 Å². The molecule has 0 amide bonds. The van der Waals surface area contributed by atoms with E-state index < -0.39 is 0 Å². The number of aryl methyl sites for hydroxylation is 1. The number of allylic oxidation sites excluding steroid dienone is 1. The molecule has 0 aromatic heterocycles. The third-order valence-corrected chi connectivity index (χ3v) is 9.06. The molecule has 2 saturated carbocycles. The summed E-state index contributed by atoms with van der Waals surface area (Å²) in [4.78, 5) is 17.9. The summed E-state index contributed by atoms with van der Waals surface area (Å²) in [7, 11) is 0. The van der Waals surface area contributed by atoms with Gasteiger partial charge in [-0.1, -0.05) is 31.2 Å². The van der Waals surface area contributed by atoms with E-state index in [0.717, 1.165) is 52.0 Å². The van der Waals surface area contributed by atoms with Crippen molar-refractivity contribution in [1.29, 1.82) is 0 Å². The minimum Gasteiger partial charge on any atom is -0.462 e. The lowest BCUT2D eigenvalue weighted by molar-refractivity contribution is -0.146. The van der Waals surface area contributed by atoms with Gasteiger partial charge in [0.1, 0.15) is 6.10 Å². The van der Waals surface area contributed by atoms with Crippen LogP contribution in [-0.2, 0) is 9.53 Å². The molecule has 4 fully saturated rings. The van der Waals surface area contributed by atoms with E-state index in [2.05, 4.69) is 55.3 Å². The number of rotatable bonds is 3. The average molecular weight is 423 g/mol. The number of esters is 1. The third kappa shape index (κ3) is 3.71. The van der Waals surface area contributed by atoms with Crippen LogP contribution in [0.15, 0.2) is 30.4 Å². The lowest BCUT2D eigenvalue weighted by atomic mass is 9.55. The summed E-state index contributed by atoms with van der Waals surface area (Å²) in [5.41, 5.74) is 5.81. The van der Waals surface area contributed by atoms with E-state index in [9.17, 15) is 4.79 Å². The maximum Gasteiger partial charge on any atom is 0.310 e. The first-order chi connectivity index (χ1) is 14.9. The largest absolute Gasteiger partial charge is 0.462 e. The highest BCUT2D eigenvalue weighted by Gasteiger charge is 2.55. The summed E-state index contributed by atoms with van der Waals surface area (Å²) < 4.78 is 5.98. The van der Waals surface area contributed by atoms with Gasteiger partial charge in [-0.15, -0.1) is 0 Å². The number of piperazine rings is 1. The fraction of sp³-hybridized carbons (Fsp3) is 0.667. The molecule has 5 atom stereocenters. The van der Waals surface area contributed by atoms with Gasteiger partial charge in [0.25, 0.3) is 0 Å². The van der Waals surface area contributed by atoms with E-state index in [-0.39, 0.29) is 23.4 Å². The van der Waals surface area contributed by atoms with Crippen LogP contribution in [-0.4, -0.2) is 49.7 Å². The number of benzene rings is 1. The Morgan fingerprint density at radius 1 is 1.19 bits per heavy atom. The molecule has 168 valence electrons. The van der Waals surface area contributed by atoms with Crippen LogP contribution in [0, 0.1) is 37.0 Å². The van der Waals surface area contributed by atoms with Crippen molar-refractivity contribution in [1.82, 2.24) is 4.90 Å². The topological polar surface area (TPSA) is 32.8 Å². The first kappa shape index (κ1) is 21.1. The number of nitrogens with zero attached hydrogens (tertiary/aromatic N) is 2. The van der Waals surface area contributed by atoms with Gasteiger partial charge >= 0.3 is 5.97 Å². The SMILES string of the molecule is C=C1CCC[C@@]2(C)C[C@@H]3OC(=O)[C@@H](CN4CCN(c5cccc(C)c5C)CC4)[C@H]3C[C@@H]12. The van der Waals surface area contributed by atoms with Gasteiger partial charge in [0.15, 0.2) is 0 Å². The highest BCUT2D eigenvalue weighted by Crippen LogP contribution is 2.56. The molecule has 2 saturated heterocycles. The fourth-order valence-corrected chi connectivity index (χ4v) is 6.99. The minimum absolute atomic E-state index is 0.0385. The van der Waals surface area contributed by atoms with Crippen molar-refractivity contribution in [2.45, 2.75) is 59.0 Å². The lowest BCUT2D eigenvalue weighted by Gasteiger charge is -2.50. The lowest BCUT2D eigenvalue weighted by Crippen LogP contribution is -2.50. The second-order valence-corrected chi connectivity index (χ2v) is 10.9. The zero-order valence-electron chi connectivity index (χ0n) is 19.5. The standard InChI is InChI=1S/C27H38N2O2/c1-18-7-5-9-24(20(18)3)29-13-11-28(12-14-29)17-22-21-15-23-19(2)8-6-10-27(23,4)16-25(21)31-26(22)30/h5,7,9,21-23,25H,2,6,8,10-17H2,1,3-4H3/t21-,22+,23+,25+,27+/m1/s1. The molecule has 1 aromatic carbocycles. The van der Waals surface area contributed by atoms with Gasteiger partial charge in [-0.05, 0) is 74.5 Å². The van der Waals surface area contributed by atoms with Crippen LogP contribution in [0.5, 0.6) is 0 Å². The summed E-state index contributed by atoms with van der Waals surface area (Å²) in [6.07, 6.45) is 5.91. The van der Waals surface area contributed by atoms with Crippen LogP contribution in [0.25, 0.3) is 0 Å². The van der Waals surface area contributed by atoms with Crippen molar-refractivity contribution in [3.05, 3.63) is 41.5 Å². The molecule has 0 radical (unpaired) electrons. The molecule has 1 aromatic rings. The Morgan fingerprint density at radius 3 is 2.74 bits per heavy atom. The molecule has 0 bridgehead atoms. The van der Waals surface area contributed by atoms with E-state index in [1.54, 1.807) is 0 Å². The number of hydrogen-bond acceptors (Lipinski definition) is 4. The first-order valence-corrected chi connectivity index (χ1v) is 12.3. The molecule has 0 unspecified atom stereocenters. The van der Waals surface area contributed by atoms with Crippen LogP contribution in [0.1, 0.15) is 50.2 Å². The summed E-state index contributed by atoms with van der Waals surface area (Å²) in [5.74, 6) is 1.04. The molecule has 31 heavy (non-hydrogen) atoms. The molecule has 4 heteroatoms. The normalized spacial score (nSPS) is 36.2. The van der Waals surface area contributed by atoms with Crippen LogP contribution < -0.4 is 4.90 Å². The number of fused-ring (bicyclic) bond motifs is 2. The van der Waals surface area contributed by atoms with E-state index in [1.807, 2.05) is 0 Å². The predicted molar refractivity (Wildman–Crippen MR) is 125 cm³/mol. The van der Waals surface area contributed by atoms with Gasteiger partial charge in [0, 0.05) is 44.3 Å². The number of carbonyl (C=O) groups excluding carboxylic acids is 1. The Morgan fingerprint density at radius 2 is 1.97 bits per heavy atom. The van der Waals surface area contributed by atoms with Crippen LogP contribution in [0.3, 0.4) is 0 Å². The Hall–Kier alpha value is -1.81. The highest BCUT2D eigenvalue weighted by molar-refractivity contribution is 5.75. The number of ether oxygens (including phenoxy) is 1. The summed E-state index contributed by atoms with van der Waals surface area (Å²) in [6.45, 7) is 16.2. The fourth-order valence-electron chi connectivity index (χ4n) is 6.99. The number of carbonyl (C=O) groups is 1. The van der Waals surface area contributed by atoms with E-state index in [4.69, 9.17) is 4.74 Å². The van der Waals surface area contributed by atoms with Gasteiger partial charge in [-0.3, -0.25) is 9.69 Å². The number of anilines is 1. The number of hydrogen-bond donors (Lipinski definition) is 0. The molecular weight excluding hydrogens is 384 g/mol. The van der Waals surface area contributed by atoms with Gasteiger partial charge < -0.3 is 9.64 Å². The molecule has 4 nitrogen and oxygen atoms in total. The zero-order valence-corrected chi connectivity index (χ0v) is 19.5. The van der Waals surface area contributed by atoms with Crippen LogP contribution in [0.2, 0.25) is 0 Å². The van der Waals surface area contributed by atoms with Crippen molar-refractivity contribution in [2.75, 3.05) is 37.6 Å². The molecule has 4 aliphatic rings. The van der Waals surface area contributed by atoms with E-state index in [1.165, 1.54) is 35.2 Å². The van der Waals surface area contributed by atoms with Crippen molar-refractivity contribution in [2.24, 2.45) is 23.2 Å². The quantitative estimate of drug-likeness (QED) is 0.520.